The van der Waals surface area contributed by atoms with E-state index in [-0.39, 0.29) is 0 Å². The molecule has 46 heavy (non-hydrogen) atoms. The largest absolute Gasteiger partial charge is 0.293 e. The van der Waals surface area contributed by atoms with Gasteiger partial charge >= 0.3 is 0 Å². The zero-order valence-corrected chi connectivity index (χ0v) is 27.0. The van der Waals surface area contributed by atoms with E-state index in [0.717, 1.165) is 35.6 Å². The molecule has 0 saturated carbocycles. The number of allylic oxidation sites excluding steroid dienone is 1. The van der Waals surface area contributed by atoms with Crippen molar-refractivity contribution >= 4 is 82.1 Å². The second kappa shape index (κ2) is 11.3. The van der Waals surface area contributed by atoms with Crippen molar-refractivity contribution in [3.8, 4) is 16.9 Å². The van der Waals surface area contributed by atoms with E-state index in [1.165, 1.54) is 69.2 Å². The first-order chi connectivity index (χ1) is 22.7. The van der Waals surface area contributed by atoms with Crippen LogP contribution in [-0.2, 0) is 6.42 Å². The van der Waals surface area contributed by atoms with Crippen LogP contribution in [0.15, 0.2) is 116 Å². The Morgan fingerprint density at radius 1 is 0.674 bits per heavy atom. The molecule has 3 heteroatoms. The van der Waals surface area contributed by atoms with E-state index in [1.807, 2.05) is 29.7 Å². The van der Waals surface area contributed by atoms with Crippen LogP contribution in [0, 0.1) is 0 Å². The van der Waals surface area contributed by atoms with E-state index in [0.29, 0.717) is 0 Å². The number of rotatable bonds is 7. The maximum absolute atomic E-state index is 5.00. The monoisotopic (exact) mass is 610 g/mol. The second-order valence-electron chi connectivity index (χ2n) is 11.7. The number of hydrogen-bond acceptors (Lipinski definition) is 2. The molecule has 0 unspecified atom stereocenters. The summed E-state index contributed by atoms with van der Waals surface area (Å²) in [4.78, 5) is 5.00. The standard InChI is InChI=1S/C43H34N2S/c1-5-9-18-40-30(7-3)29(6-2)39(8-4)45(40)43-42-36(23-24-44-43)38-26-28(20-22-41(38)46-42)27-19-21-35-33-16-11-10-14-31(33)32-15-12-13-17-34(32)37(35)25-27/h6,8-26H,2,4-5,7H2,1,3H3/b18-9-. The number of fused-ring (bicyclic) bond motifs is 9. The minimum atomic E-state index is 0.904. The summed E-state index contributed by atoms with van der Waals surface area (Å²) >= 11 is 1.81. The van der Waals surface area contributed by atoms with Gasteiger partial charge < -0.3 is 0 Å². The third-order valence-electron chi connectivity index (χ3n) is 9.31. The fourth-order valence-corrected chi connectivity index (χ4v) is 8.38. The van der Waals surface area contributed by atoms with Crippen molar-refractivity contribution in [2.45, 2.75) is 26.7 Å². The number of aromatic nitrogens is 2. The quantitative estimate of drug-likeness (QED) is 0.164. The first kappa shape index (κ1) is 28.2. The molecule has 0 spiro atoms. The summed E-state index contributed by atoms with van der Waals surface area (Å²) in [6, 6.07) is 33.5. The van der Waals surface area contributed by atoms with Gasteiger partial charge in [0.2, 0.25) is 0 Å². The summed E-state index contributed by atoms with van der Waals surface area (Å²) in [5.41, 5.74) is 7.03. The van der Waals surface area contributed by atoms with Gasteiger partial charge in [-0.15, -0.1) is 11.3 Å². The molecule has 0 aliphatic heterocycles. The molecule has 0 aliphatic carbocycles. The van der Waals surface area contributed by atoms with Crippen LogP contribution in [0.25, 0.3) is 87.7 Å². The van der Waals surface area contributed by atoms with Crippen LogP contribution in [0.2, 0.25) is 0 Å². The van der Waals surface area contributed by atoms with E-state index in [9.17, 15) is 0 Å². The first-order valence-electron chi connectivity index (χ1n) is 16.0. The van der Waals surface area contributed by atoms with Gasteiger partial charge in [-0.2, -0.15) is 0 Å². The van der Waals surface area contributed by atoms with Gasteiger partial charge in [0.05, 0.1) is 16.1 Å². The van der Waals surface area contributed by atoms with Crippen molar-refractivity contribution in [3.63, 3.8) is 0 Å². The molecule has 0 atom stereocenters. The minimum absolute atomic E-state index is 0.904. The average Bonchev–Trinajstić information content (AvgIpc) is 3.64. The Morgan fingerprint density at radius 3 is 1.93 bits per heavy atom. The summed E-state index contributed by atoms with van der Waals surface area (Å²) in [5, 5.41) is 10.2. The lowest BCUT2D eigenvalue weighted by Crippen LogP contribution is -2.02. The molecule has 0 amide bonds. The molecular weight excluding hydrogens is 577 g/mol. The van der Waals surface area contributed by atoms with Crippen molar-refractivity contribution in [3.05, 3.63) is 139 Å². The third kappa shape index (κ3) is 4.19. The smallest absolute Gasteiger partial charge is 0.155 e. The van der Waals surface area contributed by atoms with Gasteiger partial charge in [0.1, 0.15) is 0 Å². The van der Waals surface area contributed by atoms with E-state index in [1.54, 1.807) is 0 Å². The number of nitrogens with zero attached hydrogens (tertiary/aromatic N) is 2. The predicted octanol–water partition coefficient (Wildman–Crippen LogP) is 12.6. The maximum Gasteiger partial charge on any atom is 0.155 e. The number of hydrogen-bond donors (Lipinski definition) is 0. The van der Waals surface area contributed by atoms with Crippen LogP contribution >= 0.6 is 11.3 Å². The molecule has 0 radical (unpaired) electrons. The van der Waals surface area contributed by atoms with Crippen molar-refractivity contribution in [1.82, 2.24) is 9.55 Å². The molecule has 0 aliphatic rings. The van der Waals surface area contributed by atoms with E-state index in [4.69, 9.17) is 4.98 Å². The third-order valence-corrected chi connectivity index (χ3v) is 10.5. The molecule has 8 rings (SSSR count). The average molecular weight is 611 g/mol. The molecule has 222 valence electrons. The molecule has 3 aromatic heterocycles. The van der Waals surface area contributed by atoms with Gasteiger partial charge in [0.15, 0.2) is 5.82 Å². The zero-order valence-electron chi connectivity index (χ0n) is 26.2. The normalized spacial score (nSPS) is 12.0. The van der Waals surface area contributed by atoms with E-state index in [2.05, 4.69) is 135 Å². The highest BCUT2D eigenvalue weighted by Gasteiger charge is 2.22. The fourth-order valence-electron chi connectivity index (χ4n) is 7.23. The maximum atomic E-state index is 5.00. The lowest BCUT2D eigenvalue weighted by molar-refractivity contribution is 0.986. The molecule has 8 aromatic rings. The number of thiophene rings is 1. The van der Waals surface area contributed by atoms with Gasteiger partial charge in [-0.3, -0.25) is 4.57 Å². The predicted molar refractivity (Wildman–Crippen MR) is 203 cm³/mol. The Hall–Kier alpha value is -5.25. The van der Waals surface area contributed by atoms with Gasteiger partial charge in [-0.05, 0) is 98.3 Å². The van der Waals surface area contributed by atoms with Crippen LogP contribution in [-0.4, -0.2) is 9.55 Å². The van der Waals surface area contributed by atoms with Crippen molar-refractivity contribution in [1.29, 1.82) is 0 Å². The van der Waals surface area contributed by atoms with Crippen LogP contribution in [0.5, 0.6) is 0 Å². The zero-order chi connectivity index (χ0) is 31.4. The number of pyridine rings is 1. The molecule has 3 heterocycles. The highest BCUT2D eigenvalue weighted by atomic mass is 32.1. The summed E-state index contributed by atoms with van der Waals surface area (Å²) < 4.78 is 4.71. The molecule has 2 nitrogen and oxygen atoms in total. The molecule has 0 fully saturated rings. The van der Waals surface area contributed by atoms with Crippen molar-refractivity contribution in [2.75, 3.05) is 0 Å². The van der Waals surface area contributed by atoms with E-state index < -0.39 is 0 Å². The Balaban J connectivity index is 1.34. The van der Waals surface area contributed by atoms with E-state index >= 15 is 0 Å². The van der Waals surface area contributed by atoms with Crippen LogP contribution in [0.3, 0.4) is 0 Å². The van der Waals surface area contributed by atoms with Gasteiger partial charge in [0, 0.05) is 27.2 Å². The lowest BCUT2D eigenvalue weighted by Gasteiger charge is -2.12. The van der Waals surface area contributed by atoms with Crippen LogP contribution in [0.4, 0.5) is 0 Å². The van der Waals surface area contributed by atoms with Gasteiger partial charge in [0.25, 0.3) is 0 Å². The fraction of sp³-hybridized carbons (Fsp3) is 0.0930. The minimum Gasteiger partial charge on any atom is -0.293 e. The molecule has 0 N–H and O–H groups in total. The molecule has 0 saturated heterocycles. The molecular formula is C43H34N2S. The molecule has 5 aromatic carbocycles. The SMILES string of the molecule is C=Cc1c(CC)c(/C=C\CC)n(-c2nccc3c2sc2ccc(-c4ccc5c6ccccc6c6ccccc6c5c4)cc23)c1C=C. The Bertz CT molecular complexity index is 2500. The first-order valence-corrected chi connectivity index (χ1v) is 16.8. The van der Waals surface area contributed by atoms with Gasteiger partial charge in [-0.25, -0.2) is 4.98 Å². The summed E-state index contributed by atoms with van der Waals surface area (Å²) in [5.74, 6) is 0.942. The lowest BCUT2D eigenvalue weighted by atomic mass is 9.92. The topological polar surface area (TPSA) is 17.8 Å². The van der Waals surface area contributed by atoms with Crippen LogP contribution < -0.4 is 0 Å². The van der Waals surface area contributed by atoms with Crippen LogP contribution in [0.1, 0.15) is 42.8 Å². The number of benzene rings is 5. The van der Waals surface area contributed by atoms with Crippen molar-refractivity contribution in [2.24, 2.45) is 0 Å². The highest BCUT2D eigenvalue weighted by Crippen LogP contribution is 2.42. The highest BCUT2D eigenvalue weighted by molar-refractivity contribution is 7.26. The Kier molecular flexibility index (Phi) is 6.92. The van der Waals surface area contributed by atoms with Gasteiger partial charge in [-0.1, -0.05) is 106 Å². The Morgan fingerprint density at radius 2 is 1.30 bits per heavy atom. The second-order valence-corrected chi connectivity index (χ2v) is 12.8. The Labute approximate surface area is 273 Å². The van der Waals surface area contributed by atoms with Crippen molar-refractivity contribution < 1.29 is 0 Å². The summed E-state index contributed by atoms with van der Waals surface area (Å²) in [6.07, 6.45) is 12.2. The summed E-state index contributed by atoms with van der Waals surface area (Å²) in [7, 11) is 0. The summed E-state index contributed by atoms with van der Waals surface area (Å²) in [6.45, 7) is 12.7. The molecule has 0 bridgehead atoms.